The van der Waals surface area contributed by atoms with Crippen molar-refractivity contribution in [2.45, 2.75) is 52.0 Å². The lowest BCUT2D eigenvalue weighted by Crippen LogP contribution is -2.54. The van der Waals surface area contributed by atoms with E-state index in [9.17, 15) is 4.79 Å². The molecule has 0 aromatic carbocycles. The Morgan fingerprint density at radius 1 is 1.15 bits per heavy atom. The quantitative estimate of drug-likeness (QED) is 0.852. The Morgan fingerprint density at radius 2 is 1.90 bits per heavy atom. The molecule has 0 bridgehead atoms. The van der Waals surface area contributed by atoms with Gasteiger partial charge in [0.25, 0.3) is 0 Å². The van der Waals surface area contributed by atoms with Crippen molar-refractivity contribution in [1.82, 2.24) is 15.1 Å². The van der Waals surface area contributed by atoms with Crippen molar-refractivity contribution in [2.75, 3.05) is 39.3 Å². The molecule has 0 saturated carbocycles. The van der Waals surface area contributed by atoms with Gasteiger partial charge in [-0.1, -0.05) is 26.7 Å². The second kappa shape index (κ2) is 7.99. The maximum Gasteiger partial charge on any atom is 0.239 e. The molecule has 0 aromatic heterocycles. The predicted octanol–water partition coefficient (Wildman–Crippen LogP) is 1.71. The number of hydrogen-bond donors (Lipinski definition) is 1. The molecule has 2 aliphatic rings. The van der Waals surface area contributed by atoms with Crippen LogP contribution in [0.3, 0.4) is 0 Å². The highest BCUT2D eigenvalue weighted by Gasteiger charge is 2.27. The molecule has 2 heterocycles. The zero-order valence-corrected chi connectivity index (χ0v) is 13.2. The Balaban J connectivity index is 1.73. The molecule has 1 unspecified atom stereocenters. The van der Waals surface area contributed by atoms with Crippen molar-refractivity contribution in [3.8, 4) is 0 Å². The normalized spacial score (nSPS) is 25.8. The summed E-state index contributed by atoms with van der Waals surface area (Å²) in [7, 11) is 0. The molecular formula is C16H31N3O. The van der Waals surface area contributed by atoms with Gasteiger partial charge in [0.15, 0.2) is 0 Å². The van der Waals surface area contributed by atoms with Gasteiger partial charge in [0, 0.05) is 26.2 Å². The van der Waals surface area contributed by atoms with E-state index in [4.69, 9.17) is 0 Å². The van der Waals surface area contributed by atoms with E-state index < -0.39 is 0 Å². The minimum absolute atomic E-state index is 0.0831. The van der Waals surface area contributed by atoms with Crippen LogP contribution in [0.2, 0.25) is 0 Å². The highest BCUT2D eigenvalue weighted by molar-refractivity contribution is 5.82. The molecule has 0 aliphatic carbocycles. The third-order valence-electron chi connectivity index (χ3n) is 4.57. The number of rotatable bonds is 4. The van der Waals surface area contributed by atoms with E-state index >= 15 is 0 Å². The van der Waals surface area contributed by atoms with Crippen LogP contribution in [0.1, 0.15) is 46.0 Å². The number of carbonyl (C=O) groups excluding carboxylic acids is 1. The summed E-state index contributed by atoms with van der Waals surface area (Å²) >= 11 is 0. The largest absolute Gasteiger partial charge is 0.339 e. The molecule has 0 radical (unpaired) electrons. The summed E-state index contributed by atoms with van der Waals surface area (Å²) in [4.78, 5) is 17.1. The van der Waals surface area contributed by atoms with Crippen LogP contribution in [-0.4, -0.2) is 61.0 Å². The maximum atomic E-state index is 12.5. The van der Waals surface area contributed by atoms with Crippen LogP contribution in [0.15, 0.2) is 0 Å². The monoisotopic (exact) mass is 281 g/mol. The second-order valence-electron chi connectivity index (χ2n) is 6.71. The predicted molar refractivity (Wildman–Crippen MR) is 82.7 cm³/mol. The van der Waals surface area contributed by atoms with Gasteiger partial charge in [0.1, 0.15) is 0 Å². The summed E-state index contributed by atoms with van der Waals surface area (Å²) in [6, 6.07) is 0.0831. The first-order valence-electron chi connectivity index (χ1n) is 8.41. The van der Waals surface area contributed by atoms with E-state index in [1.165, 1.54) is 32.2 Å². The Kier molecular flexibility index (Phi) is 6.30. The van der Waals surface area contributed by atoms with Gasteiger partial charge < -0.3 is 10.2 Å². The third-order valence-corrected chi connectivity index (χ3v) is 4.57. The maximum absolute atomic E-state index is 12.5. The molecule has 1 amide bonds. The Morgan fingerprint density at radius 3 is 2.60 bits per heavy atom. The number of piperazine rings is 1. The number of carbonyl (C=O) groups is 1. The fraction of sp³-hybridized carbons (Fsp3) is 0.938. The highest BCUT2D eigenvalue weighted by atomic mass is 16.2. The van der Waals surface area contributed by atoms with Gasteiger partial charge in [-0.2, -0.15) is 0 Å². The molecule has 4 nitrogen and oxygen atoms in total. The van der Waals surface area contributed by atoms with Gasteiger partial charge in [-0.15, -0.1) is 0 Å². The van der Waals surface area contributed by atoms with E-state index in [1.54, 1.807) is 0 Å². The summed E-state index contributed by atoms with van der Waals surface area (Å²) < 4.78 is 0. The number of nitrogens with zero attached hydrogens (tertiary/aromatic N) is 2. The fourth-order valence-corrected chi connectivity index (χ4v) is 3.09. The van der Waals surface area contributed by atoms with Crippen molar-refractivity contribution in [3.63, 3.8) is 0 Å². The van der Waals surface area contributed by atoms with E-state index in [2.05, 4.69) is 29.0 Å². The average Bonchev–Trinajstić information content (AvgIpc) is 2.74. The van der Waals surface area contributed by atoms with Crippen LogP contribution in [0.4, 0.5) is 0 Å². The first kappa shape index (κ1) is 15.8. The molecule has 2 fully saturated rings. The van der Waals surface area contributed by atoms with Gasteiger partial charge in [0.2, 0.25) is 5.91 Å². The molecule has 20 heavy (non-hydrogen) atoms. The van der Waals surface area contributed by atoms with Crippen LogP contribution in [-0.2, 0) is 4.79 Å². The molecule has 116 valence electrons. The number of hydrogen-bond acceptors (Lipinski definition) is 3. The smallest absolute Gasteiger partial charge is 0.239 e. The zero-order valence-electron chi connectivity index (χ0n) is 13.2. The van der Waals surface area contributed by atoms with E-state index in [-0.39, 0.29) is 6.04 Å². The Labute approximate surface area is 123 Å². The standard InChI is InChI=1S/C16H31N3O/c1-14(2)7-9-18-10-12-19(13-11-18)16(20)15-6-4-3-5-8-17-15/h14-15,17H,3-13H2,1-2H3. The SMILES string of the molecule is CC(C)CCN1CCN(C(=O)C2CCCCCN2)CC1. The van der Waals surface area contributed by atoms with Crippen molar-refractivity contribution in [3.05, 3.63) is 0 Å². The van der Waals surface area contributed by atoms with E-state index in [0.29, 0.717) is 5.91 Å². The first-order valence-corrected chi connectivity index (χ1v) is 8.41. The molecule has 2 rings (SSSR count). The number of amides is 1. The van der Waals surface area contributed by atoms with Crippen molar-refractivity contribution in [2.24, 2.45) is 5.92 Å². The van der Waals surface area contributed by atoms with Crippen LogP contribution in [0.5, 0.6) is 0 Å². The van der Waals surface area contributed by atoms with E-state index in [0.717, 1.165) is 45.1 Å². The van der Waals surface area contributed by atoms with Crippen LogP contribution >= 0.6 is 0 Å². The Hall–Kier alpha value is -0.610. The summed E-state index contributed by atoms with van der Waals surface area (Å²) in [5.41, 5.74) is 0. The lowest BCUT2D eigenvalue weighted by Gasteiger charge is -2.36. The highest BCUT2D eigenvalue weighted by Crippen LogP contribution is 2.13. The summed E-state index contributed by atoms with van der Waals surface area (Å²) in [5.74, 6) is 1.11. The van der Waals surface area contributed by atoms with Gasteiger partial charge in [-0.3, -0.25) is 9.69 Å². The number of nitrogens with one attached hydrogen (secondary N) is 1. The topological polar surface area (TPSA) is 35.6 Å². The van der Waals surface area contributed by atoms with Crippen LogP contribution in [0, 0.1) is 5.92 Å². The Bertz CT molecular complexity index is 290. The zero-order chi connectivity index (χ0) is 14.4. The van der Waals surface area contributed by atoms with Gasteiger partial charge in [-0.05, 0) is 38.3 Å². The first-order chi connectivity index (χ1) is 9.66. The summed E-state index contributed by atoms with van der Waals surface area (Å²) in [6.45, 7) is 10.7. The molecule has 0 aromatic rings. The molecule has 1 atom stereocenters. The average molecular weight is 281 g/mol. The van der Waals surface area contributed by atoms with Gasteiger partial charge in [-0.25, -0.2) is 0 Å². The van der Waals surface area contributed by atoms with E-state index in [1.807, 2.05) is 0 Å². The van der Waals surface area contributed by atoms with Gasteiger partial charge in [0.05, 0.1) is 6.04 Å². The van der Waals surface area contributed by atoms with Gasteiger partial charge >= 0.3 is 0 Å². The van der Waals surface area contributed by atoms with Crippen LogP contribution in [0.25, 0.3) is 0 Å². The fourth-order valence-electron chi connectivity index (χ4n) is 3.09. The summed E-state index contributed by atoms with van der Waals surface area (Å²) in [5, 5.41) is 3.43. The lowest BCUT2D eigenvalue weighted by molar-refractivity contribution is -0.135. The van der Waals surface area contributed by atoms with Crippen molar-refractivity contribution >= 4 is 5.91 Å². The van der Waals surface area contributed by atoms with Crippen molar-refractivity contribution in [1.29, 1.82) is 0 Å². The molecular weight excluding hydrogens is 250 g/mol. The minimum atomic E-state index is 0.0831. The molecule has 2 aliphatic heterocycles. The lowest BCUT2D eigenvalue weighted by atomic mass is 10.1. The van der Waals surface area contributed by atoms with Crippen molar-refractivity contribution < 1.29 is 4.79 Å². The molecule has 1 N–H and O–H groups in total. The third kappa shape index (κ3) is 4.74. The minimum Gasteiger partial charge on any atom is -0.339 e. The second-order valence-corrected chi connectivity index (χ2v) is 6.71. The molecule has 2 saturated heterocycles. The van der Waals surface area contributed by atoms with Crippen LogP contribution < -0.4 is 5.32 Å². The molecule has 0 spiro atoms. The summed E-state index contributed by atoms with van der Waals surface area (Å²) in [6.07, 6.45) is 5.95. The molecule has 4 heteroatoms.